The van der Waals surface area contributed by atoms with Crippen LogP contribution in [-0.4, -0.2) is 22.6 Å². The quantitative estimate of drug-likeness (QED) is 0.282. The highest BCUT2D eigenvalue weighted by molar-refractivity contribution is 9.10. The van der Waals surface area contributed by atoms with Gasteiger partial charge in [0, 0.05) is 17.1 Å². The molecule has 3 N–H and O–H groups in total. The Morgan fingerprint density at radius 2 is 2.40 bits per heavy atom. The Morgan fingerprint density at radius 3 is 3.07 bits per heavy atom. The van der Waals surface area contributed by atoms with Gasteiger partial charge in [0.25, 0.3) is 0 Å². The first kappa shape index (κ1) is 11.8. The first-order valence-electron chi connectivity index (χ1n) is 4.42. The lowest BCUT2D eigenvalue weighted by atomic mass is 10.3. The summed E-state index contributed by atoms with van der Waals surface area (Å²) in [5.74, 6) is 0.912. The second-order valence-electron chi connectivity index (χ2n) is 2.88. The number of pyridine rings is 1. The number of amidine groups is 1. The van der Waals surface area contributed by atoms with E-state index in [4.69, 9.17) is 15.7 Å². The summed E-state index contributed by atoms with van der Waals surface area (Å²) in [6.45, 7) is 0.508. The van der Waals surface area contributed by atoms with Crippen molar-refractivity contribution in [2.75, 3.05) is 6.61 Å². The van der Waals surface area contributed by atoms with Crippen LogP contribution in [0.25, 0.3) is 0 Å². The fourth-order valence-electron chi connectivity index (χ4n) is 0.965. The van der Waals surface area contributed by atoms with Crippen LogP contribution in [0.1, 0.15) is 12.8 Å². The lowest BCUT2D eigenvalue weighted by Gasteiger charge is -2.05. The molecule has 15 heavy (non-hydrogen) atoms. The van der Waals surface area contributed by atoms with Gasteiger partial charge in [-0.15, -0.1) is 0 Å². The lowest BCUT2D eigenvalue weighted by Crippen LogP contribution is -2.12. The number of nitrogens with zero attached hydrogens (tertiary/aromatic N) is 2. The predicted molar refractivity (Wildman–Crippen MR) is 60.1 cm³/mol. The molecule has 6 heteroatoms. The highest BCUT2D eigenvalue weighted by Crippen LogP contribution is 2.15. The predicted octanol–water partition coefficient (Wildman–Crippen LogP) is 1.75. The van der Waals surface area contributed by atoms with E-state index in [1.54, 1.807) is 12.4 Å². The van der Waals surface area contributed by atoms with Gasteiger partial charge >= 0.3 is 0 Å². The summed E-state index contributed by atoms with van der Waals surface area (Å²) >= 11 is 3.29. The zero-order valence-electron chi connectivity index (χ0n) is 8.06. The Hall–Kier alpha value is -1.30. The summed E-state index contributed by atoms with van der Waals surface area (Å²) in [6, 6.07) is 1.83. The minimum atomic E-state index is 0.214. The van der Waals surface area contributed by atoms with Crippen LogP contribution in [0, 0.1) is 0 Å². The molecule has 0 saturated carbocycles. The second-order valence-corrected chi connectivity index (χ2v) is 3.80. The molecule has 0 spiro atoms. The minimum absolute atomic E-state index is 0.214. The van der Waals surface area contributed by atoms with E-state index in [0.717, 1.165) is 4.47 Å². The van der Waals surface area contributed by atoms with E-state index in [-0.39, 0.29) is 5.84 Å². The average Bonchev–Trinajstić information content (AvgIpc) is 2.24. The Bertz CT molecular complexity index is 344. The van der Waals surface area contributed by atoms with E-state index in [2.05, 4.69) is 26.1 Å². The topological polar surface area (TPSA) is 80.7 Å². The van der Waals surface area contributed by atoms with E-state index >= 15 is 0 Å². The molecule has 0 bridgehead atoms. The molecule has 1 aromatic rings. The standard InChI is InChI=1S/C9H12BrN3O2/c10-7-4-8(6-12-5-7)15-3-1-2-9(11)13-14/h4-6,14H,1-3H2,(H2,11,13). The van der Waals surface area contributed by atoms with Gasteiger partial charge in [-0.05, 0) is 28.4 Å². The first-order chi connectivity index (χ1) is 7.22. The molecule has 0 unspecified atom stereocenters. The summed E-state index contributed by atoms with van der Waals surface area (Å²) < 4.78 is 6.27. The summed E-state index contributed by atoms with van der Waals surface area (Å²) in [7, 11) is 0. The normalized spacial score (nSPS) is 11.4. The van der Waals surface area contributed by atoms with Gasteiger partial charge in [-0.25, -0.2) is 0 Å². The van der Waals surface area contributed by atoms with Crippen LogP contribution in [0.4, 0.5) is 0 Å². The summed E-state index contributed by atoms with van der Waals surface area (Å²) in [5, 5.41) is 11.2. The fraction of sp³-hybridized carbons (Fsp3) is 0.333. The number of ether oxygens (including phenoxy) is 1. The molecule has 82 valence electrons. The maximum atomic E-state index is 8.29. The zero-order valence-corrected chi connectivity index (χ0v) is 9.64. The molecule has 0 atom stereocenters. The van der Waals surface area contributed by atoms with Crippen molar-refractivity contribution in [2.45, 2.75) is 12.8 Å². The van der Waals surface area contributed by atoms with Crippen LogP contribution in [0.5, 0.6) is 5.75 Å². The van der Waals surface area contributed by atoms with Gasteiger partial charge in [0.05, 0.1) is 12.8 Å². The number of halogens is 1. The smallest absolute Gasteiger partial charge is 0.139 e. The van der Waals surface area contributed by atoms with Crippen LogP contribution < -0.4 is 10.5 Å². The molecule has 1 rings (SSSR count). The molecule has 0 aliphatic rings. The third-order valence-corrected chi connectivity index (χ3v) is 2.09. The van der Waals surface area contributed by atoms with E-state index in [0.29, 0.717) is 25.2 Å². The van der Waals surface area contributed by atoms with Crippen LogP contribution in [-0.2, 0) is 0 Å². The summed E-state index contributed by atoms with van der Waals surface area (Å²) in [6.07, 6.45) is 4.53. The SMILES string of the molecule is NC(CCCOc1cncc(Br)c1)=NO. The third-order valence-electron chi connectivity index (χ3n) is 1.65. The molecule has 0 aliphatic heterocycles. The third kappa shape index (κ3) is 4.64. The van der Waals surface area contributed by atoms with Crippen molar-refractivity contribution in [1.29, 1.82) is 0 Å². The number of hydrogen-bond donors (Lipinski definition) is 2. The molecule has 0 aromatic carbocycles. The van der Waals surface area contributed by atoms with E-state index in [1.807, 2.05) is 6.07 Å². The molecule has 0 saturated heterocycles. The number of hydrogen-bond acceptors (Lipinski definition) is 4. The molecule has 0 aliphatic carbocycles. The van der Waals surface area contributed by atoms with Crippen molar-refractivity contribution in [2.24, 2.45) is 10.9 Å². The summed E-state index contributed by atoms with van der Waals surface area (Å²) in [5.41, 5.74) is 5.30. The molecule has 5 nitrogen and oxygen atoms in total. The van der Waals surface area contributed by atoms with Crippen molar-refractivity contribution in [3.8, 4) is 5.75 Å². The van der Waals surface area contributed by atoms with Crippen LogP contribution in [0.2, 0.25) is 0 Å². The molecule has 0 radical (unpaired) electrons. The maximum absolute atomic E-state index is 8.29. The summed E-state index contributed by atoms with van der Waals surface area (Å²) in [4.78, 5) is 3.95. The number of nitrogens with two attached hydrogens (primary N) is 1. The Kier molecular flexibility index (Phi) is 4.89. The van der Waals surface area contributed by atoms with E-state index < -0.39 is 0 Å². The number of oxime groups is 1. The Labute approximate surface area is 96.1 Å². The van der Waals surface area contributed by atoms with E-state index in [9.17, 15) is 0 Å². The Morgan fingerprint density at radius 1 is 1.60 bits per heavy atom. The van der Waals surface area contributed by atoms with Crippen LogP contribution >= 0.6 is 15.9 Å². The van der Waals surface area contributed by atoms with Crippen molar-refractivity contribution < 1.29 is 9.94 Å². The molecule has 0 amide bonds. The van der Waals surface area contributed by atoms with Gasteiger partial charge in [-0.2, -0.15) is 0 Å². The van der Waals surface area contributed by atoms with E-state index in [1.165, 1.54) is 0 Å². The van der Waals surface area contributed by atoms with Gasteiger partial charge in [0.15, 0.2) is 0 Å². The molecule has 0 fully saturated rings. The van der Waals surface area contributed by atoms with Gasteiger partial charge in [0.2, 0.25) is 0 Å². The molecule has 1 heterocycles. The molecular formula is C9H12BrN3O2. The van der Waals surface area contributed by atoms with Gasteiger partial charge < -0.3 is 15.7 Å². The number of aromatic nitrogens is 1. The van der Waals surface area contributed by atoms with Crippen LogP contribution in [0.3, 0.4) is 0 Å². The largest absolute Gasteiger partial charge is 0.492 e. The average molecular weight is 274 g/mol. The van der Waals surface area contributed by atoms with Crippen molar-refractivity contribution >= 4 is 21.8 Å². The minimum Gasteiger partial charge on any atom is -0.492 e. The van der Waals surface area contributed by atoms with Gasteiger partial charge in [-0.1, -0.05) is 5.16 Å². The number of rotatable bonds is 5. The second kappa shape index (κ2) is 6.23. The van der Waals surface area contributed by atoms with Gasteiger partial charge in [-0.3, -0.25) is 4.98 Å². The molecular weight excluding hydrogens is 262 g/mol. The van der Waals surface area contributed by atoms with Crippen molar-refractivity contribution in [3.63, 3.8) is 0 Å². The monoisotopic (exact) mass is 273 g/mol. The van der Waals surface area contributed by atoms with Crippen LogP contribution in [0.15, 0.2) is 28.1 Å². The maximum Gasteiger partial charge on any atom is 0.139 e. The van der Waals surface area contributed by atoms with Crippen molar-refractivity contribution in [1.82, 2.24) is 4.98 Å². The van der Waals surface area contributed by atoms with Crippen molar-refractivity contribution in [3.05, 3.63) is 22.9 Å². The molecule has 1 aromatic heterocycles. The fourth-order valence-corrected chi connectivity index (χ4v) is 1.31. The van der Waals surface area contributed by atoms with Gasteiger partial charge in [0.1, 0.15) is 11.6 Å². The zero-order chi connectivity index (χ0) is 11.1. The Balaban J connectivity index is 2.26. The lowest BCUT2D eigenvalue weighted by molar-refractivity contribution is 0.304. The first-order valence-corrected chi connectivity index (χ1v) is 5.21. The highest BCUT2D eigenvalue weighted by atomic mass is 79.9. The highest BCUT2D eigenvalue weighted by Gasteiger charge is 1.97.